The van der Waals surface area contributed by atoms with Crippen LogP contribution in [0.4, 0.5) is 0 Å². The highest BCUT2D eigenvalue weighted by atomic mass is 16.7. The van der Waals surface area contributed by atoms with E-state index in [0.29, 0.717) is 13.2 Å². The third-order valence-electron chi connectivity index (χ3n) is 2.78. The van der Waals surface area contributed by atoms with E-state index in [9.17, 15) is 0 Å². The molecule has 0 aromatic heterocycles. The predicted octanol–water partition coefficient (Wildman–Crippen LogP) is 3.13. The molecule has 0 bridgehead atoms. The van der Waals surface area contributed by atoms with Crippen LogP contribution in [0.1, 0.15) is 0 Å². The summed E-state index contributed by atoms with van der Waals surface area (Å²) in [5.74, 6) is 1.62. The van der Waals surface area contributed by atoms with Gasteiger partial charge in [-0.3, -0.25) is 0 Å². The first-order valence-electron chi connectivity index (χ1n) is 6.84. The Labute approximate surface area is 125 Å². The Hall–Kier alpha value is -2.04. The van der Waals surface area contributed by atoms with Gasteiger partial charge in [0.1, 0.15) is 37.6 Å². The van der Waals surface area contributed by atoms with E-state index in [4.69, 9.17) is 18.9 Å². The van der Waals surface area contributed by atoms with Crippen LogP contribution in [0.3, 0.4) is 0 Å². The van der Waals surface area contributed by atoms with E-state index < -0.39 is 0 Å². The molecule has 0 fully saturated rings. The number of rotatable bonds is 9. The van der Waals surface area contributed by atoms with Crippen LogP contribution < -0.4 is 9.47 Å². The maximum absolute atomic E-state index is 5.69. The number of hydrogen-bond acceptors (Lipinski definition) is 4. The van der Waals surface area contributed by atoms with Crippen LogP contribution in [0.5, 0.6) is 11.5 Å². The molecule has 2 aromatic rings. The van der Waals surface area contributed by atoms with Crippen molar-refractivity contribution in [2.75, 3.05) is 27.1 Å². The van der Waals surface area contributed by atoms with Gasteiger partial charge in [0.15, 0.2) is 0 Å². The third kappa shape index (κ3) is 5.85. The number of hydrogen-bond donors (Lipinski definition) is 0. The second-order valence-corrected chi connectivity index (χ2v) is 4.44. The number of para-hydroxylation sites is 2. The van der Waals surface area contributed by atoms with E-state index >= 15 is 0 Å². The summed E-state index contributed by atoms with van der Waals surface area (Å²) in [5, 5.41) is 0. The topological polar surface area (TPSA) is 36.9 Å². The van der Waals surface area contributed by atoms with E-state index in [1.165, 1.54) is 0 Å². The van der Waals surface area contributed by atoms with Gasteiger partial charge in [0.05, 0.1) is 0 Å². The molecule has 21 heavy (non-hydrogen) atoms. The van der Waals surface area contributed by atoms with Crippen LogP contribution in [-0.2, 0) is 9.47 Å². The Balaban J connectivity index is 1.82. The van der Waals surface area contributed by atoms with Gasteiger partial charge in [-0.1, -0.05) is 36.4 Å². The molecular weight excluding hydrogens is 268 g/mol. The van der Waals surface area contributed by atoms with Crippen molar-refractivity contribution in [2.45, 2.75) is 6.10 Å². The van der Waals surface area contributed by atoms with Crippen molar-refractivity contribution in [1.29, 1.82) is 0 Å². The highest BCUT2D eigenvalue weighted by Gasteiger charge is 2.11. The lowest BCUT2D eigenvalue weighted by molar-refractivity contribution is -0.0956. The molecule has 0 amide bonds. The van der Waals surface area contributed by atoms with Crippen molar-refractivity contribution in [2.24, 2.45) is 0 Å². The van der Waals surface area contributed by atoms with Crippen LogP contribution >= 0.6 is 0 Å². The highest BCUT2D eigenvalue weighted by molar-refractivity contribution is 5.21. The summed E-state index contributed by atoms with van der Waals surface area (Å²) in [6.45, 7) is 1.02. The number of ether oxygens (including phenoxy) is 4. The zero-order valence-electron chi connectivity index (χ0n) is 12.1. The first-order chi connectivity index (χ1) is 10.4. The van der Waals surface area contributed by atoms with E-state index in [0.717, 1.165) is 11.5 Å². The molecule has 2 aromatic carbocycles. The second kappa shape index (κ2) is 9.00. The molecule has 0 atom stereocenters. The normalized spacial score (nSPS) is 10.6. The van der Waals surface area contributed by atoms with Gasteiger partial charge in [-0.2, -0.15) is 0 Å². The molecule has 4 heteroatoms. The fourth-order valence-corrected chi connectivity index (χ4v) is 1.72. The molecule has 0 aliphatic rings. The molecule has 112 valence electrons. The van der Waals surface area contributed by atoms with E-state index in [-0.39, 0.29) is 12.9 Å². The van der Waals surface area contributed by atoms with Crippen LogP contribution in [0.15, 0.2) is 60.7 Å². The molecule has 0 spiro atoms. The lowest BCUT2D eigenvalue weighted by Crippen LogP contribution is -2.29. The Kier molecular flexibility index (Phi) is 6.58. The average molecular weight is 288 g/mol. The van der Waals surface area contributed by atoms with Gasteiger partial charge in [-0.05, 0) is 24.3 Å². The summed E-state index contributed by atoms with van der Waals surface area (Å²) in [6, 6.07) is 19.3. The minimum absolute atomic E-state index is 0.203. The first-order valence-corrected chi connectivity index (χ1v) is 6.84. The van der Waals surface area contributed by atoms with E-state index in [1.54, 1.807) is 7.11 Å². The highest BCUT2D eigenvalue weighted by Crippen LogP contribution is 2.12. The Morgan fingerprint density at radius 2 is 1.24 bits per heavy atom. The number of benzene rings is 2. The van der Waals surface area contributed by atoms with Crippen LogP contribution in [-0.4, -0.2) is 33.2 Å². The van der Waals surface area contributed by atoms with Gasteiger partial charge in [0.25, 0.3) is 0 Å². The summed E-state index contributed by atoms with van der Waals surface area (Å²) in [7, 11) is 1.59. The molecule has 0 heterocycles. The lowest BCUT2D eigenvalue weighted by Gasteiger charge is -2.18. The fraction of sp³-hybridized carbons (Fsp3) is 0.294. The zero-order valence-corrected chi connectivity index (χ0v) is 12.1. The van der Waals surface area contributed by atoms with Crippen molar-refractivity contribution in [3.8, 4) is 11.5 Å². The molecule has 0 radical (unpaired) electrons. The van der Waals surface area contributed by atoms with Crippen molar-refractivity contribution < 1.29 is 18.9 Å². The Bertz CT molecular complexity index is 443. The Morgan fingerprint density at radius 3 is 1.67 bits per heavy atom. The summed E-state index contributed by atoms with van der Waals surface area (Å²) in [4.78, 5) is 0. The van der Waals surface area contributed by atoms with Gasteiger partial charge in [0, 0.05) is 7.11 Å². The zero-order chi connectivity index (χ0) is 14.8. The van der Waals surface area contributed by atoms with Gasteiger partial charge in [-0.15, -0.1) is 0 Å². The van der Waals surface area contributed by atoms with Crippen LogP contribution in [0.2, 0.25) is 0 Å². The van der Waals surface area contributed by atoms with Crippen LogP contribution in [0, 0.1) is 0 Å². The summed E-state index contributed by atoms with van der Waals surface area (Å²) in [5.41, 5.74) is 0. The molecule has 0 aliphatic heterocycles. The maximum atomic E-state index is 5.69. The number of methoxy groups -OCH3 is 1. The lowest BCUT2D eigenvalue weighted by atomic mass is 10.3. The molecule has 0 aliphatic carbocycles. The Morgan fingerprint density at radius 1 is 0.762 bits per heavy atom. The molecule has 0 unspecified atom stereocenters. The minimum Gasteiger partial charge on any atom is -0.491 e. The second-order valence-electron chi connectivity index (χ2n) is 4.44. The molecule has 0 saturated carbocycles. The van der Waals surface area contributed by atoms with Crippen molar-refractivity contribution in [3.63, 3.8) is 0 Å². The molecule has 4 nitrogen and oxygen atoms in total. The van der Waals surface area contributed by atoms with Gasteiger partial charge in [0.2, 0.25) is 0 Å². The largest absolute Gasteiger partial charge is 0.491 e. The minimum atomic E-state index is -0.203. The average Bonchev–Trinajstić information content (AvgIpc) is 2.56. The van der Waals surface area contributed by atoms with Crippen molar-refractivity contribution in [1.82, 2.24) is 0 Å². The van der Waals surface area contributed by atoms with Crippen molar-refractivity contribution in [3.05, 3.63) is 60.7 Å². The van der Waals surface area contributed by atoms with E-state index in [1.807, 2.05) is 60.7 Å². The first kappa shape index (κ1) is 15.4. The fourth-order valence-electron chi connectivity index (χ4n) is 1.72. The smallest absolute Gasteiger partial charge is 0.147 e. The standard InChI is InChI=1S/C17H20O4/c1-18-14-21-17(12-19-15-8-4-2-5-9-15)13-20-16-10-6-3-7-11-16/h2-11,17H,12-14H2,1H3. The quantitative estimate of drug-likeness (QED) is 0.664. The molecule has 2 rings (SSSR count). The monoisotopic (exact) mass is 288 g/mol. The van der Waals surface area contributed by atoms with E-state index in [2.05, 4.69) is 0 Å². The SMILES string of the molecule is COCOC(COc1ccccc1)COc1ccccc1. The van der Waals surface area contributed by atoms with Crippen LogP contribution in [0.25, 0.3) is 0 Å². The predicted molar refractivity (Wildman–Crippen MR) is 80.6 cm³/mol. The van der Waals surface area contributed by atoms with Crippen molar-refractivity contribution >= 4 is 0 Å². The van der Waals surface area contributed by atoms with Gasteiger partial charge >= 0.3 is 0 Å². The van der Waals surface area contributed by atoms with Gasteiger partial charge < -0.3 is 18.9 Å². The maximum Gasteiger partial charge on any atom is 0.147 e. The summed E-state index contributed by atoms with van der Waals surface area (Å²) in [6.07, 6.45) is -0.203. The molecule has 0 saturated heterocycles. The molecular formula is C17H20O4. The summed E-state index contributed by atoms with van der Waals surface area (Å²) >= 11 is 0. The van der Waals surface area contributed by atoms with Gasteiger partial charge in [-0.25, -0.2) is 0 Å². The summed E-state index contributed by atoms with van der Waals surface area (Å²) < 4.78 is 21.9. The molecule has 0 N–H and O–H groups in total. The third-order valence-corrected chi connectivity index (χ3v) is 2.78.